The van der Waals surface area contributed by atoms with Gasteiger partial charge in [0.1, 0.15) is 24.2 Å². The summed E-state index contributed by atoms with van der Waals surface area (Å²) in [5, 5.41) is 26.2. The van der Waals surface area contributed by atoms with E-state index in [2.05, 4.69) is 31.4 Å². The molecule has 0 saturated carbocycles. The molecule has 0 spiro atoms. The highest BCUT2D eigenvalue weighted by molar-refractivity contribution is 7.14. The molecule has 16 nitrogen and oxygen atoms in total. The summed E-state index contributed by atoms with van der Waals surface area (Å²) in [6.07, 6.45) is 0. The van der Waals surface area contributed by atoms with Gasteiger partial charge in [-0.3, -0.25) is 29.3 Å². The van der Waals surface area contributed by atoms with Crippen LogP contribution in [-0.2, 0) is 40.2 Å². The molecule has 1 saturated heterocycles. The number of carbonyl (C=O) groups excluding carboxylic acids is 5. The molecule has 18 heteroatoms. The lowest BCUT2D eigenvalue weighted by Gasteiger charge is -2.37. The molecule has 4 N–H and O–H groups in total. The quantitative estimate of drug-likeness (QED) is 0.0607. The summed E-state index contributed by atoms with van der Waals surface area (Å²) in [5.74, 6) is -3.46. The zero-order valence-corrected chi connectivity index (χ0v) is 24.0. The molecular weight excluding hydrogens is 598 g/mol. The molecule has 0 bridgehead atoms. The summed E-state index contributed by atoms with van der Waals surface area (Å²) in [6.45, 7) is 3.81. The summed E-state index contributed by atoms with van der Waals surface area (Å²) in [4.78, 5) is 80.8. The third-order valence-corrected chi connectivity index (χ3v) is 6.57. The summed E-state index contributed by atoms with van der Waals surface area (Å²) in [5.41, 5.74) is -1.83. The zero-order valence-electron chi connectivity index (χ0n) is 22.5. The minimum absolute atomic E-state index is 0.0458. The molecule has 2 unspecified atom stereocenters. The van der Waals surface area contributed by atoms with Crippen LogP contribution < -0.4 is 21.3 Å². The standard InChI is InChI=1S/C24H26ClN7O9S/c1-12(33)26-9-15-18(20(35)27-15)30-21(36)19(16-11-42-23(28-16)29-17(34)8-25)31-41-24(2,3)22(37)40-10-13-4-6-14(7-5-13)32(38)39/h4-7,11,15,18H,8-10H2,1-3H3,(H,26,33)(H,27,35)(H,30,36)(H,28,29,34)/b31-19-. The molecule has 2 heterocycles. The van der Waals surface area contributed by atoms with E-state index >= 15 is 0 Å². The number of carbonyl (C=O) groups is 5. The lowest BCUT2D eigenvalue weighted by atomic mass is 9.98. The normalized spacial score (nSPS) is 16.4. The van der Waals surface area contributed by atoms with E-state index in [0.717, 1.165) is 11.3 Å². The summed E-state index contributed by atoms with van der Waals surface area (Å²) in [7, 11) is 0. The first-order chi connectivity index (χ1) is 19.8. The van der Waals surface area contributed by atoms with Crippen LogP contribution in [0.5, 0.6) is 0 Å². The summed E-state index contributed by atoms with van der Waals surface area (Å²) < 4.78 is 5.25. The molecule has 42 heavy (non-hydrogen) atoms. The minimum Gasteiger partial charge on any atom is -0.458 e. The molecule has 1 fully saturated rings. The zero-order chi connectivity index (χ0) is 31.0. The van der Waals surface area contributed by atoms with Gasteiger partial charge in [-0.15, -0.1) is 22.9 Å². The fourth-order valence-corrected chi connectivity index (χ4v) is 4.05. The largest absolute Gasteiger partial charge is 0.458 e. The van der Waals surface area contributed by atoms with Gasteiger partial charge in [-0.2, -0.15) is 0 Å². The van der Waals surface area contributed by atoms with Gasteiger partial charge in [-0.05, 0) is 31.5 Å². The maximum Gasteiger partial charge on any atom is 0.353 e. The van der Waals surface area contributed by atoms with E-state index in [1.807, 2.05) is 0 Å². The second kappa shape index (κ2) is 13.8. The van der Waals surface area contributed by atoms with Crippen molar-refractivity contribution in [3.8, 4) is 0 Å². The number of nitro benzene ring substituents is 1. The number of aromatic nitrogens is 1. The van der Waals surface area contributed by atoms with Crippen molar-refractivity contribution in [2.45, 2.75) is 45.1 Å². The van der Waals surface area contributed by atoms with Gasteiger partial charge >= 0.3 is 5.97 Å². The van der Waals surface area contributed by atoms with E-state index in [-0.39, 0.29) is 41.5 Å². The van der Waals surface area contributed by atoms with Gasteiger partial charge in [-0.1, -0.05) is 5.16 Å². The van der Waals surface area contributed by atoms with Crippen LogP contribution in [0.2, 0.25) is 0 Å². The maximum absolute atomic E-state index is 13.2. The number of amides is 4. The average molecular weight is 624 g/mol. The molecule has 4 amide bonds. The predicted molar refractivity (Wildman–Crippen MR) is 149 cm³/mol. The third-order valence-electron chi connectivity index (χ3n) is 5.57. The molecule has 1 aliphatic rings. The Hall–Kier alpha value is -4.64. The van der Waals surface area contributed by atoms with Gasteiger partial charge in [0.05, 0.1) is 11.0 Å². The number of oxime groups is 1. The first-order valence-corrected chi connectivity index (χ1v) is 13.6. The molecule has 224 valence electrons. The molecule has 2 atom stereocenters. The maximum atomic E-state index is 13.2. The van der Waals surface area contributed by atoms with E-state index in [9.17, 15) is 34.1 Å². The molecule has 0 aliphatic carbocycles. The van der Waals surface area contributed by atoms with Crippen molar-refractivity contribution in [2.24, 2.45) is 5.16 Å². The fraction of sp³-hybridized carbons (Fsp3) is 0.375. The number of nitrogens with one attached hydrogen (secondary N) is 4. The number of β-lactam (4-membered cyclic amide) rings is 1. The number of ether oxygens (including phenoxy) is 1. The van der Waals surface area contributed by atoms with E-state index < -0.39 is 52.0 Å². The van der Waals surface area contributed by atoms with Crippen molar-refractivity contribution in [1.82, 2.24) is 20.9 Å². The summed E-state index contributed by atoms with van der Waals surface area (Å²) in [6, 6.07) is 3.79. The number of nitro groups is 1. The molecule has 1 aromatic carbocycles. The molecule has 3 rings (SSSR count). The van der Waals surface area contributed by atoms with Crippen LogP contribution in [0.15, 0.2) is 34.8 Å². The number of thiazole rings is 1. The van der Waals surface area contributed by atoms with E-state index in [1.54, 1.807) is 0 Å². The minimum atomic E-state index is -1.72. The lowest BCUT2D eigenvalue weighted by molar-refractivity contribution is -0.384. The number of hydrogen-bond donors (Lipinski definition) is 4. The van der Waals surface area contributed by atoms with Crippen LogP contribution in [0.3, 0.4) is 0 Å². The first kappa shape index (κ1) is 31.9. The third kappa shape index (κ3) is 8.43. The SMILES string of the molecule is CC(=O)NCC1NC(=O)C1NC(=O)/C(=N\OC(C)(C)C(=O)OCc1ccc([N+](=O)[O-])cc1)c1csc(NC(=O)CCl)n1. The van der Waals surface area contributed by atoms with Crippen molar-refractivity contribution in [3.63, 3.8) is 0 Å². The number of hydrogen-bond acceptors (Lipinski definition) is 12. The Kier molecular flexibility index (Phi) is 10.5. The molecular formula is C24H26ClN7O9S. The highest BCUT2D eigenvalue weighted by Crippen LogP contribution is 2.20. The van der Waals surface area contributed by atoms with Crippen molar-refractivity contribution in [2.75, 3.05) is 17.7 Å². The van der Waals surface area contributed by atoms with Gasteiger partial charge < -0.3 is 30.8 Å². The average Bonchev–Trinajstić information content (AvgIpc) is 3.40. The van der Waals surface area contributed by atoms with Crippen LogP contribution in [0.25, 0.3) is 0 Å². The van der Waals surface area contributed by atoms with Gasteiger partial charge in [0.2, 0.25) is 23.3 Å². The van der Waals surface area contributed by atoms with Gasteiger partial charge in [0.15, 0.2) is 10.8 Å². The van der Waals surface area contributed by atoms with E-state index in [1.165, 1.54) is 50.4 Å². The second-order valence-electron chi connectivity index (χ2n) is 9.26. The number of esters is 1. The Morgan fingerprint density at radius 2 is 1.93 bits per heavy atom. The monoisotopic (exact) mass is 623 g/mol. The molecule has 1 aromatic heterocycles. The van der Waals surface area contributed by atoms with Crippen LogP contribution in [0.1, 0.15) is 32.0 Å². The van der Waals surface area contributed by atoms with Gasteiger partial charge in [-0.25, -0.2) is 9.78 Å². The van der Waals surface area contributed by atoms with E-state index in [0.29, 0.717) is 5.56 Å². The number of non-ortho nitro benzene ring substituents is 1. The van der Waals surface area contributed by atoms with Crippen LogP contribution in [0, 0.1) is 10.1 Å². The highest BCUT2D eigenvalue weighted by atomic mass is 35.5. The topological polar surface area (TPSA) is 220 Å². The Morgan fingerprint density at radius 3 is 2.52 bits per heavy atom. The molecule has 2 aromatic rings. The van der Waals surface area contributed by atoms with Gasteiger partial charge in [0, 0.05) is 31.0 Å². The smallest absolute Gasteiger partial charge is 0.353 e. The fourth-order valence-electron chi connectivity index (χ4n) is 3.27. The Bertz CT molecular complexity index is 1410. The summed E-state index contributed by atoms with van der Waals surface area (Å²) >= 11 is 6.47. The Balaban J connectivity index is 1.76. The molecule has 0 radical (unpaired) electrons. The number of halogens is 1. The predicted octanol–water partition coefficient (Wildman–Crippen LogP) is 0.591. The van der Waals surface area contributed by atoms with Crippen molar-refractivity contribution in [1.29, 1.82) is 0 Å². The number of rotatable bonds is 13. The Morgan fingerprint density at radius 1 is 1.24 bits per heavy atom. The van der Waals surface area contributed by atoms with Gasteiger partial charge in [0.25, 0.3) is 11.6 Å². The number of benzene rings is 1. The van der Waals surface area contributed by atoms with Crippen LogP contribution >= 0.6 is 22.9 Å². The first-order valence-electron chi connectivity index (χ1n) is 12.1. The highest BCUT2D eigenvalue weighted by Gasteiger charge is 2.41. The van der Waals surface area contributed by atoms with E-state index in [4.69, 9.17) is 21.2 Å². The Labute approximate surface area is 247 Å². The number of alkyl halides is 1. The van der Waals surface area contributed by atoms with Crippen LogP contribution in [0.4, 0.5) is 10.8 Å². The lowest BCUT2D eigenvalue weighted by Crippen LogP contribution is -2.72. The molecule has 1 aliphatic heterocycles. The number of nitrogens with zero attached hydrogens (tertiary/aromatic N) is 3. The van der Waals surface area contributed by atoms with Crippen molar-refractivity contribution >= 4 is 69.1 Å². The van der Waals surface area contributed by atoms with Crippen LogP contribution in [-0.4, -0.2) is 75.3 Å². The van der Waals surface area contributed by atoms with Crippen molar-refractivity contribution in [3.05, 3.63) is 51.0 Å². The second-order valence-corrected chi connectivity index (χ2v) is 10.4. The van der Waals surface area contributed by atoms with Crippen molar-refractivity contribution < 1.29 is 38.5 Å². The number of anilines is 1.